The zero-order valence-electron chi connectivity index (χ0n) is 48.5. The lowest BCUT2D eigenvalue weighted by Crippen LogP contribution is -2.39. The fraction of sp³-hybridized carbons (Fsp3) is 0.167. The third-order valence-electron chi connectivity index (χ3n) is 14.5. The SMILES string of the molecule is CC(C)(Oc1ccc(OC(C)(C)C(=O)c2cccc(C(=O)C(C)(C)Oc3ccc(NC(=O)c4ccc5cc(O)ccc5c4)cc3)c2)cc1)C(=O)c1ccc(OC(C)(C)C(=O)c2ccc3cc(OC(=O)c4ccc5cc(O)ccc5c4)ccc3c2)cc1. The molecular weight excluding hydrogens is 1090 g/mol. The van der Waals surface area contributed by atoms with E-state index in [-0.39, 0.29) is 51.7 Å². The predicted molar refractivity (Wildman–Crippen MR) is 330 cm³/mol. The molecule has 0 aliphatic rings. The molecule has 0 aliphatic carbocycles. The zero-order chi connectivity index (χ0) is 61.3. The lowest BCUT2D eigenvalue weighted by molar-refractivity contribution is 0.0567. The maximum absolute atomic E-state index is 14.0. The van der Waals surface area contributed by atoms with Gasteiger partial charge in [0.2, 0.25) is 23.1 Å². The van der Waals surface area contributed by atoms with E-state index in [4.69, 9.17) is 23.7 Å². The van der Waals surface area contributed by atoms with Gasteiger partial charge in [-0.15, -0.1) is 0 Å². The number of carbonyl (C=O) groups is 6. The van der Waals surface area contributed by atoms with Crippen molar-refractivity contribution < 1.29 is 62.7 Å². The third-order valence-corrected chi connectivity index (χ3v) is 14.5. The molecule has 0 aliphatic heterocycles. The first-order valence-corrected chi connectivity index (χ1v) is 27.7. The van der Waals surface area contributed by atoms with Crippen molar-refractivity contribution in [3.63, 3.8) is 0 Å². The zero-order valence-corrected chi connectivity index (χ0v) is 48.5. The fourth-order valence-electron chi connectivity index (χ4n) is 9.94. The molecule has 0 heterocycles. The third kappa shape index (κ3) is 13.1. The van der Waals surface area contributed by atoms with Crippen molar-refractivity contribution in [1.29, 1.82) is 0 Å². The molecule has 1 amide bonds. The quantitative estimate of drug-likeness (QED) is 0.0370. The van der Waals surface area contributed by atoms with Crippen LogP contribution in [0, 0.1) is 0 Å². The molecule has 432 valence electrons. The molecular formula is C72H61NO13. The van der Waals surface area contributed by atoms with E-state index in [2.05, 4.69) is 5.32 Å². The highest BCUT2D eigenvalue weighted by Crippen LogP contribution is 2.33. The Labute approximate surface area is 496 Å². The Bertz CT molecular complexity index is 4310. The van der Waals surface area contributed by atoms with Crippen molar-refractivity contribution in [2.75, 3.05) is 5.32 Å². The van der Waals surface area contributed by atoms with Crippen molar-refractivity contribution >= 4 is 73.0 Å². The second-order valence-electron chi connectivity index (χ2n) is 22.9. The first kappa shape index (κ1) is 58.6. The van der Waals surface area contributed by atoms with Gasteiger partial charge in [0, 0.05) is 33.5 Å². The first-order valence-electron chi connectivity index (χ1n) is 27.7. The topological polar surface area (TPSA) is 201 Å². The van der Waals surface area contributed by atoms with Gasteiger partial charge in [-0.05, 0) is 233 Å². The number of Topliss-reactive ketones (excluding diaryl/α,β-unsaturated/α-hetero) is 4. The number of nitrogens with one attached hydrogen (secondary N) is 1. The Morgan fingerprint density at radius 1 is 0.314 bits per heavy atom. The molecule has 0 aromatic heterocycles. The van der Waals surface area contributed by atoms with Crippen LogP contribution in [-0.2, 0) is 0 Å². The van der Waals surface area contributed by atoms with Gasteiger partial charge in [0.05, 0.1) is 5.56 Å². The Balaban J connectivity index is 0.703. The van der Waals surface area contributed by atoms with Gasteiger partial charge in [0.15, 0.2) is 22.4 Å². The molecule has 10 aromatic carbocycles. The number of phenols is 2. The second-order valence-corrected chi connectivity index (χ2v) is 22.9. The number of esters is 1. The minimum absolute atomic E-state index is 0.136. The number of ether oxygens (including phenoxy) is 5. The van der Waals surface area contributed by atoms with E-state index in [0.717, 1.165) is 32.3 Å². The molecule has 14 heteroatoms. The molecule has 0 fully saturated rings. The summed E-state index contributed by atoms with van der Waals surface area (Å²) in [5.74, 6) is -0.0805. The van der Waals surface area contributed by atoms with Crippen molar-refractivity contribution in [3.05, 3.63) is 240 Å². The average Bonchev–Trinajstić information content (AvgIpc) is 1.93. The number of amides is 1. The van der Waals surface area contributed by atoms with Gasteiger partial charge in [0.25, 0.3) is 5.91 Å². The largest absolute Gasteiger partial charge is 0.508 e. The molecule has 0 spiro atoms. The summed E-state index contributed by atoms with van der Waals surface area (Å²) in [5.41, 5.74) is -2.76. The van der Waals surface area contributed by atoms with Gasteiger partial charge in [0.1, 0.15) is 40.2 Å². The van der Waals surface area contributed by atoms with Crippen LogP contribution in [0.1, 0.15) is 118 Å². The van der Waals surface area contributed by atoms with Gasteiger partial charge in [-0.3, -0.25) is 24.0 Å². The van der Waals surface area contributed by atoms with Crippen LogP contribution in [0.2, 0.25) is 0 Å². The number of rotatable bonds is 20. The van der Waals surface area contributed by atoms with Crippen LogP contribution in [0.4, 0.5) is 5.69 Å². The summed E-state index contributed by atoms with van der Waals surface area (Å²) in [4.78, 5) is 81.8. The number of benzene rings is 10. The molecule has 86 heavy (non-hydrogen) atoms. The summed E-state index contributed by atoms with van der Waals surface area (Å²) in [6.07, 6.45) is 0. The van der Waals surface area contributed by atoms with Crippen LogP contribution in [0.25, 0.3) is 32.3 Å². The van der Waals surface area contributed by atoms with Crippen LogP contribution in [0.5, 0.6) is 40.2 Å². The smallest absolute Gasteiger partial charge is 0.343 e. The van der Waals surface area contributed by atoms with E-state index in [9.17, 15) is 39.0 Å². The molecule has 10 rings (SSSR count). The van der Waals surface area contributed by atoms with E-state index < -0.39 is 28.4 Å². The van der Waals surface area contributed by atoms with Gasteiger partial charge in [-0.1, -0.05) is 60.7 Å². The monoisotopic (exact) mass is 1150 g/mol. The summed E-state index contributed by atoms with van der Waals surface area (Å²) in [6, 6.07) is 56.5. The minimum atomic E-state index is -1.38. The molecule has 0 unspecified atom stereocenters. The van der Waals surface area contributed by atoms with Crippen LogP contribution in [-0.4, -0.2) is 67.6 Å². The highest BCUT2D eigenvalue weighted by molar-refractivity contribution is 6.09. The highest BCUT2D eigenvalue weighted by atomic mass is 16.5. The summed E-state index contributed by atoms with van der Waals surface area (Å²) < 4.78 is 30.5. The van der Waals surface area contributed by atoms with Gasteiger partial charge >= 0.3 is 5.97 Å². The van der Waals surface area contributed by atoms with Crippen molar-refractivity contribution in [3.8, 4) is 40.2 Å². The van der Waals surface area contributed by atoms with Crippen LogP contribution in [0.15, 0.2) is 206 Å². The number of phenolic OH excluding ortho intramolecular Hbond substituents is 2. The molecule has 0 saturated heterocycles. The van der Waals surface area contributed by atoms with E-state index in [1.807, 2.05) is 0 Å². The van der Waals surface area contributed by atoms with Gasteiger partial charge in [-0.25, -0.2) is 4.79 Å². The number of ketones is 4. The number of fused-ring (bicyclic) bond motifs is 3. The van der Waals surface area contributed by atoms with Crippen LogP contribution < -0.4 is 29.0 Å². The fourth-order valence-corrected chi connectivity index (χ4v) is 9.94. The highest BCUT2D eigenvalue weighted by Gasteiger charge is 2.36. The normalized spacial score (nSPS) is 11.9. The number of aromatic hydroxyl groups is 2. The number of anilines is 1. The van der Waals surface area contributed by atoms with Crippen LogP contribution in [0.3, 0.4) is 0 Å². The lowest BCUT2D eigenvalue weighted by Gasteiger charge is -2.28. The lowest BCUT2D eigenvalue weighted by atomic mass is 9.91. The second kappa shape index (κ2) is 23.2. The summed E-state index contributed by atoms with van der Waals surface area (Å²) in [7, 11) is 0. The van der Waals surface area contributed by atoms with E-state index in [1.165, 1.54) is 6.07 Å². The Morgan fingerprint density at radius 2 is 0.628 bits per heavy atom. The molecule has 14 nitrogen and oxygen atoms in total. The summed E-state index contributed by atoms with van der Waals surface area (Å²) in [6.45, 7) is 13.2. The van der Waals surface area contributed by atoms with Crippen molar-refractivity contribution in [2.24, 2.45) is 0 Å². The minimum Gasteiger partial charge on any atom is -0.508 e. The first-order chi connectivity index (χ1) is 40.8. The van der Waals surface area contributed by atoms with Crippen molar-refractivity contribution in [2.45, 2.75) is 77.8 Å². The number of carbonyl (C=O) groups excluding carboxylic acids is 6. The molecule has 10 aromatic rings. The van der Waals surface area contributed by atoms with E-state index in [1.54, 1.807) is 256 Å². The standard InChI is InChI=1S/C72H61NO13/c1-69(2,63(76)43-20-27-58(28-21-43)83-72(7,8)66(79)52-15-12-49-42-62(29-22-46(49)36-52)82-68(81)54-17-14-48-41-57(75)26-19-45(48)38-54)85-60-32-34-61(35-33-60)86-71(5,6)65(78)51-11-9-10-50(39-51)64(77)70(3,4)84-59-30-23-55(24-31-59)73-67(80)53-16-13-47-40-56(74)25-18-44(47)37-53/h9-42,74-75H,1-8H3,(H,73,80). The van der Waals surface area contributed by atoms with Gasteiger partial charge in [-0.2, -0.15) is 0 Å². The van der Waals surface area contributed by atoms with Crippen molar-refractivity contribution in [1.82, 2.24) is 0 Å². The average molecular weight is 1150 g/mol. The Morgan fingerprint density at radius 3 is 1.10 bits per heavy atom. The summed E-state index contributed by atoms with van der Waals surface area (Å²) in [5, 5.41) is 27.1. The predicted octanol–water partition coefficient (Wildman–Crippen LogP) is 15.2. The molecule has 0 bridgehead atoms. The van der Waals surface area contributed by atoms with Crippen LogP contribution >= 0.6 is 0 Å². The number of hydrogen-bond acceptors (Lipinski definition) is 13. The summed E-state index contributed by atoms with van der Waals surface area (Å²) >= 11 is 0. The molecule has 0 radical (unpaired) electrons. The molecule has 0 saturated carbocycles. The Kier molecular flexibility index (Phi) is 15.8. The Hall–Kier alpha value is -10.6. The van der Waals surface area contributed by atoms with E-state index >= 15 is 0 Å². The number of hydrogen-bond donors (Lipinski definition) is 3. The maximum atomic E-state index is 14.0. The van der Waals surface area contributed by atoms with Gasteiger partial charge < -0.3 is 39.2 Å². The van der Waals surface area contributed by atoms with E-state index in [0.29, 0.717) is 56.7 Å². The maximum Gasteiger partial charge on any atom is 0.343 e. The molecule has 0 atom stereocenters. The molecule has 3 N–H and O–H groups in total.